The van der Waals surface area contributed by atoms with Crippen molar-refractivity contribution >= 4 is 35.9 Å². The van der Waals surface area contributed by atoms with Gasteiger partial charge in [0.25, 0.3) is 0 Å². The average Bonchev–Trinajstić information content (AvgIpc) is 3.06. The topological polar surface area (TPSA) is 204 Å². The van der Waals surface area contributed by atoms with Gasteiger partial charge in [0.2, 0.25) is 17.7 Å². The highest BCUT2D eigenvalue weighted by Gasteiger charge is 2.34. The molecule has 2 rings (SSSR count). The summed E-state index contributed by atoms with van der Waals surface area (Å²) in [5.41, 5.74) is 6.24. The van der Waals surface area contributed by atoms with Gasteiger partial charge in [-0.15, -0.1) is 0 Å². The van der Waals surface area contributed by atoms with Crippen LogP contribution in [0.4, 0.5) is 9.59 Å². The minimum atomic E-state index is -1.33. The zero-order chi connectivity index (χ0) is 37.3. The molecular formula is C36H51N5O9. The molecule has 274 valence electrons. The van der Waals surface area contributed by atoms with E-state index in [1.54, 1.807) is 46.8 Å². The highest BCUT2D eigenvalue weighted by molar-refractivity contribution is 5.95. The van der Waals surface area contributed by atoms with Crippen LogP contribution in [0.5, 0.6) is 0 Å². The first-order chi connectivity index (χ1) is 23.6. The third-order valence-corrected chi connectivity index (χ3v) is 7.38. The van der Waals surface area contributed by atoms with Crippen molar-refractivity contribution in [3.8, 4) is 0 Å². The lowest BCUT2D eigenvalue weighted by Gasteiger charge is -2.28. The van der Waals surface area contributed by atoms with Crippen LogP contribution in [-0.2, 0) is 46.6 Å². The van der Waals surface area contributed by atoms with E-state index in [1.807, 2.05) is 48.5 Å². The molecule has 1 unspecified atom stereocenters. The van der Waals surface area contributed by atoms with Crippen molar-refractivity contribution in [2.75, 3.05) is 6.54 Å². The first-order valence-corrected chi connectivity index (χ1v) is 16.6. The zero-order valence-electron chi connectivity index (χ0n) is 29.7. The average molecular weight is 698 g/mol. The van der Waals surface area contributed by atoms with Gasteiger partial charge in [0.1, 0.15) is 36.9 Å². The molecule has 5 amide bonds. The van der Waals surface area contributed by atoms with Crippen LogP contribution in [0.2, 0.25) is 0 Å². The number of amides is 5. The van der Waals surface area contributed by atoms with Crippen LogP contribution in [0.15, 0.2) is 60.7 Å². The van der Waals surface area contributed by atoms with E-state index in [0.717, 1.165) is 11.1 Å². The number of carbonyl (C=O) groups is 6. The van der Waals surface area contributed by atoms with Gasteiger partial charge in [0.05, 0.1) is 5.92 Å². The first kappa shape index (κ1) is 41.0. The van der Waals surface area contributed by atoms with Crippen molar-refractivity contribution < 1.29 is 43.0 Å². The Morgan fingerprint density at radius 3 is 1.78 bits per heavy atom. The van der Waals surface area contributed by atoms with Crippen molar-refractivity contribution in [1.29, 1.82) is 0 Å². The molecule has 6 N–H and O–H groups in total. The number of nitrogens with two attached hydrogens (primary N) is 1. The standard InChI is InChI=1S/C36H51N5O9/c1-23(2)28(41-35(47)50-36(4,5)6)32(44)40-29(24(3)30(37)42)31(43)38-20-14-13-19-27(33(45)48-21-25-15-9-7-10-16-25)39-34(46)49-22-26-17-11-8-12-18-26/h7-12,15-18,23-24,27-29H,13-14,19-22H2,1-6H3,(H2,37,42)(H,38,43)(H,39,46)(H,40,44)(H,41,47)/t24?,27-,28-,29+/m0/s1. The minimum absolute atomic E-state index is 0.0148. The van der Waals surface area contributed by atoms with E-state index >= 15 is 0 Å². The maximum atomic E-state index is 13.2. The summed E-state index contributed by atoms with van der Waals surface area (Å²) in [6, 6.07) is 14.8. The molecule has 0 spiro atoms. The van der Waals surface area contributed by atoms with E-state index in [9.17, 15) is 28.8 Å². The van der Waals surface area contributed by atoms with E-state index in [4.69, 9.17) is 19.9 Å². The summed E-state index contributed by atoms with van der Waals surface area (Å²) < 4.78 is 16.0. The molecule has 0 aliphatic heterocycles. The monoisotopic (exact) mass is 697 g/mol. The number of primary amides is 1. The molecule has 0 aromatic heterocycles. The van der Waals surface area contributed by atoms with E-state index in [1.165, 1.54) is 6.92 Å². The van der Waals surface area contributed by atoms with Gasteiger partial charge in [-0.05, 0) is 57.1 Å². The van der Waals surface area contributed by atoms with Crippen molar-refractivity contribution in [1.82, 2.24) is 21.3 Å². The van der Waals surface area contributed by atoms with Gasteiger partial charge in [-0.25, -0.2) is 14.4 Å². The molecule has 0 saturated heterocycles. The predicted octanol–water partition coefficient (Wildman–Crippen LogP) is 3.47. The van der Waals surface area contributed by atoms with Crippen LogP contribution in [-0.4, -0.2) is 66.1 Å². The van der Waals surface area contributed by atoms with Gasteiger partial charge in [-0.1, -0.05) is 81.4 Å². The number of benzene rings is 2. The van der Waals surface area contributed by atoms with Crippen LogP contribution in [0.1, 0.15) is 71.9 Å². The number of alkyl carbamates (subject to hydrolysis) is 2. The van der Waals surface area contributed by atoms with Gasteiger partial charge in [0.15, 0.2) is 0 Å². The van der Waals surface area contributed by atoms with Gasteiger partial charge < -0.3 is 41.2 Å². The number of nitrogens with one attached hydrogen (secondary N) is 4. The normalized spacial score (nSPS) is 13.5. The number of unbranched alkanes of at least 4 members (excludes halogenated alkanes) is 1. The van der Waals surface area contributed by atoms with Crippen LogP contribution in [0.3, 0.4) is 0 Å². The van der Waals surface area contributed by atoms with Gasteiger partial charge in [-0.2, -0.15) is 0 Å². The number of ether oxygens (including phenoxy) is 3. The minimum Gasteiger partial charge on any atom is -0.459 e. The lowest BCUT2D eigenvalue weighted by molar-refractivity contribution is -0.147. The Morgan fingerprint density at radius 1 is 0.700 bits per heavy atom. The zero-order valence-corrected chi connectivity index (χ0v) is 29.7. The molecule has 0 heterocycles. The fourth-order valence-corrected chi connectivity index (χ4v) is 4.57. The molecule has 2 aromatic rings. The maximum Gasteiger partial charge on any atom is 0.408 e. The Hall–Kier alpha value is -5.14. The second-order valence-corrected chi connectivity index (χ2v) is 13.2. The SMILES string of the molecule is CC(C)[C@H](NC(=O)OC(C)(C)C)C(=O)N[C@@H](C(=O)NCCCC[C@H](NC(=O)OCc1ccccc1)C(=O)OCc1ccccc1)C(C)C(N)=O. The highest BCUT2D eigenvalue weighted by Crippen LogP contribution is 2.12. The number of hydrogen-bond acceptors (Lipinski definition) is 9. The van der Waals surface area contributed by atoms with Crippen LogP contribution in [0, 0.1) is 11.8 Å². The molecule has 0 fully saturated rings. The van der Waals surface area contributed by atoms with Crippen molar-refractivity contribution in [3.63, 3.8) is 0 Å². The highest BCUT2D eigenvalue weighted by atomic mass is 16.6. The van der Waals surface area contributed by atoms with Gasteiger partial charge in [-0.3, -0.25) is 14.4 Å². The van der Waals surface area contributed by atoms with Crippen molar-refractivity contribution in [2.45, 2.75) is 97.7 Å². The third kappa shape index (κ3) is 15.4. The Balaban J connectivity index is 1.99. The van der Waals surface area contributed by atoms with Gasteiger partial charge >= 0.3 is 18.2 Å². The molecule has 0 aliphatic rings. The fraction of sp³-hybridized carbons (Fsp3) is 0.500. The summed E-state index contributed by atoms with van der Waals surface area (Å²) in [7, 11) is 0. The second-order valence-electron chi connectivity index (χ2n) is 13.2. The molecule has 4 atom stereocenters. The van der Waals surface area contributed by atoms with E-state index < -0.39 is 65.5 Å². The molecule has 14 heteroatoms. The molecule has 0 aliphatic carbocycles. The molecule has 0 bridgehead atoms. The summed E-state index contributed by atoms with van der Waals surface area (Å²) in [6.45, 7) is 10.0. The predicted molar refractivity (Wildman–Crippen MR) is 185 cm³/mol. The smallest absolute Gasteiger partial charge is 0.408 e. The van der Waals surface area contributed by atoms with E-state index in [0.29, 0.717) is 12.8 Å². The van der Waals surface area contributed by atoms with Crippen molar-refractivity contribution in [2.24, 2.45) is 17.6 Å². The Labute approximate surface area is 293 Å². The fourth-order valence-electron chi connectivity index (χ4n) is 4.57. The lowest BCUT2D eigenvalue weighted by Crippen LogP contribution is -2.59. The van der Waals surface area contributed by atoms with Crippen LogP contribution < -0.4 is 27.0 Å². The molecule has 0 saturated carbocycles. The second kappa shape index (κ2) is 20.4. The molecule has 2 aromatic carbocycles. The lowest BCUT2D eigenvalue weighted by atomic mass is 9.98. The number of carbonyl (C=O) groups excluding carboxylic acids is 6. The number of esters is 1. The summed E-state index contributed by atoms with van der Waals surface area (Å²) in [4.78, 5) is 76.4. The molecule has 50 heavy (non-hydrogen) atoms. The Kier molecular flexibility index (Phi) is 16.7. The summed E-state index contributed by atoms with van der Waals surface area (Å²) >= 11 is 0. The quantitative estimate of drug-likeness (QED) is 0.0878. The number of rotatable bonds is 18. The van der Waals surface area contributed by atoms with Crippen LogP contribution >= 0.6 is 0 Å². The molecule has 0 radical (unpaired) electrons. The molecule has 14 nitrogen and oxygen atoms in total. The van der Waals surface area contributed by atoms with Crippen LogP contribution in [0.25, 0.3) is 0 Å². The maximum absolute atomic E-state index is 13.2. The Morgan fingerprint density at radius 2 is 1.26 bits per heavy atom. The number of hydrogen-bond donors (Lipinski definition) is 5. The summed E-state index contributed by atoms with van der Waals surface area (Å²) in [6.07, 6.45) is -0.675. The van der Waals surface area contributed by atoms with E-state index in [-0.39, 0.29) is 32.1 Å². The molecular weight excluding hydrogens is 646 g/mol. The van der Waals surface area contributed by atoms with Crippen molar-refractivity contribution in [3.05, 3.63) is 71.8 Å². The summed E-state index contributed by atoms with van der Waals surface area (Å²) in [5.74, 6) is -4.28. The third-order valence-electron chi connectivity index (χ3n) is 7.38. The van der Waals surface area contributed by atoms with Gasteiger partial charge in [0, 0.05) is 6.54 Å². The first-order valence-electron chi connectivity index (χ1n) is 16.6. The van der Waals surface area contributed by atoms with E-state index in [2.05, 4.69) is 21.3 Å². The summed E-state index contributed by atoms with van der Waals surface area (Å²) in [5, 5.41) is 10.3. The largest absolute Gasteiger partial charge is 0.459 e. The Bertz CT molecular complexity index is 1410.